The maximum Gasteiger partial charge on any atom is 0.142 e. The molecule has 0 spiro atoms. The van der Waals surface area contributed by atoms with Gasteiger partial charge in [0, 0.05) is 17.8 Å². The van der Waals surface area contributed by atoms with Crippen LogP contribution in [0.4, 0.5) is 5.69 Å². The van der Waals surface area contributed by atoms with E-state index < -0.39 is 5.41 Å². The van der Waals surface area contributed by atoms with Gasteiger partial charge in [-0.05, 0) is 57.9 Å². The summed E-state index contributed by atoms with van der Waals surface area (Å²) < 4.78 is 6.05. The Morgan fingerprint density at radius 3 is 2.54 bits per heavy atom. The van der Waals surface area contributed by atoms with Crippen LogP contribution in [-0.4, -0.2) is 17.4 Å². The molecule has 0 amide bonds. The Hall–Kier alpha value is -2.88. The third-order valence-corrected chi connectivity index (χ3v) is 5.06. The molecule has 0 radical (unpaired) electrons. The van der Waals surface area contributed by atoms with Gasteiger partial charge in [0.2, 0.25) is 0 Å². The topological polar surface area (TPSA) is 65.2 Å². The lowest BCUT2D eigenvalue weighted by atomic mass is 9.86. The van der Waals surface area contributed by atoms with Crippen molar-refractivity contribution in [1.82, 2.24) is 4.98 Å². The van der Waals surface area contributed by atoms with E-state index >= 15 is 0 Å². The predicted molar refractivity (Wildman–Crippen MR) is 115 cm³/mol. The predicted octanol–water partition coefficient (Wildman–Crippen LogP) is 5.04. The Morgan fingerprint density at radius 1 is 1.11 bits per heavy atom. The summed E-state index contributed by atoms with van der Waals surface area (Å²) in [5.74, 6) is 0.858. The molecule has 0 aliphatic carbocycles. The molecule has 1 aromatic heterocycles. The van der Waals surface area contributed by atoms with Crippen LogP contribution in [0.2, 0.25) is 0 Å². The number of ketones is 1. The zero-order valence-corrected chi connectivity index (χ0v) is 17.1. The monoisotopic (exact) mass is 376 g/mol. The molecular formula is C24H28N2O2. The van der Waals surface area contributed by atoms with Gasteiger partial charge in [-0.3, -0.25) is 9.78 Å². The molecule has 0 saturated carbocycles. The van der Waals surface area contributed by atoms with Crippen molar-refractivity contribution in [3.8, 4) is 5.75 Å². The highest BCUT2D eigenvalue weighted by molar-refractivity contribution is 5.95. The maximum atomic E-state index is 12.8. The highest BCUT2D eigenvalue weighted by Gasteiger charge is 2.28. The minimum Gasteiger partial charge on any atom is -0.492 e. The zero-order valence-electron chi connectivity index (χ0n) is 17.1. The zero-order chi connectivity index (χ0) is 20.3. The molecular weight excluding hydrogens is 348 g/mol. The highest BCUT2D eigenvalue weighted by atomic mass is 16.5. The summed E-state index contributed by atoms with van der Waals surface area (Å²) >= 11 is 0. The fraction of sp³-hybridized carbons (Fsp3) is 0.333. The van der Waals surface area contributed by atoms with Gasteiger partial charge in [-0.2, -0.15) is 0 Å². The van der Waals surface area contributed by atoms with Gasteiger partial charge in [-0.15, -0.1) is 0 Å². The van der Waals surface area contributed by atoms with Crippen LogP contribution in [0.5, 0.6) is 5.75 Å². The summed E-state index contributed by atoms with van der Waals surface area (Å²) in [6.45, 7) is 8.14. The highest BCUT2D eigenvalue weighted by Crippen LogP contribution is 2.32. The molecule has 1 heterocycles. The van der Waals surface area contributed by atoms with Gasteiger partial charge in [0.05, 0.1) is 16.3 Å². The summed E-state index contributed by atoms with van der Waals surface area (Å²) in [6, 6.07) is 15.9. The second-order valence-electron chi connectivity index (χ2n) is 8.08. The number of nitrogen functional groups attached to an aromatic ring is 1. The lowest BCUT2D eigenvalue weighted by molar-refractivity contribution is -0.128. The number of aryl methyl sites for hydroxylation is 3. The van der Waals surface area contributed by atoms with Gasteiger partial charge in [-0.25, -0.2) is 0 Å². The SMILES string of the molecule is Cc1ccc(CCC(=O)C(C)(C)COc2cccc3nc(C)cc(N)c23)cc1. The molecule has 3 rings (SSSR count). The second-order valence-corrected chi connectivity index (χ2v) is 8.08. The number of aromatic nitrogens is 1. The largest absolute Gasteiger partial charge is 0.492 e. The summed E-state index contributed by atoms with van der Waals surface area (Å²) in [6.07, 6.45) is 1.24. The first-order valence-corrected chi connectivity index (χ1v) is 9.64. The van der Waals surface area contributed by atoms with E-state index in [4.69, 9.17) is 10.5 Å². The van der Waals surface area contributed by atoms with Gasteiger partial charge in [-0.1, -0.05) is 35.9 Å². The average molecular weight is 377 g/mol. The fourth-order valence-corrected chi connectivity index (χ4v) is 3.23. The molecule has 0 saturated heterocycles. The van der Waals surface area contributed by atoms with Gasteiger partial charge in [0.1, 0.15) is 18.1 Å². The Kier molecular flexibility index (Phi) is 5.68. The number of benzene rings is 2. The number of nitrogens with zero attached hydrogens (tertiary/aromatic N) is 1. The fourth-order valence-electron chi connectivity index (χ4n) is 3.23. The second kappa shape index (κ2) is 8.01. The molecule has 28 heavy (non-hydrogen) atoms. The van der Waals surface area contributed by atoms with Crippen LogP contribution in [0.25, 0.3) is 10.9 Å². The standard InChI is InChI=1S/C24H28N2O2/c1-16-8-10-18(11-9-16)12-13-22(27)24(3,4)15-28-21-7-5-6-20-23(21)19(25)14-17(2)26-20/h5-11,14H,12-13,15H2,1-4H3,(H2,25,26). The Labute approximate surface area is 166 Å². The Balaban J connectivity index is 1.68. The van der Waals surface area contributed by atoms with E-state index in [0.717, 1.165) is 23.0 Å². The lowest BCUT2D eigenvalue weighted by Crippen LogP contribution is -2.31. The normalized spacial score (nSPS) is 11.6. The van der Waals surface area contributed by atoms with Crippen molar-refractivity contribution in [3.63, 3.8) is 0 Å². The molecule has 0 aliphatic rings. The van der Waals surface area contributed by atoms with Crippen molar-refractivity contribution >= 4 is 22.4 Å². The van der Waals surface area contributed by atoms with Crippen molar-refractivity contribution in [2.24, 2.45) is 5.41 Å². The Morgan fingerprint density at radius 2 is 1.82 bits per heavy atom. The lowest BCUT2D eigenvalue weighted by Gasteiger charge is -2.24. The van der Waals surface area contributed by atoms with E-state index in [9.17, 15) is 4.79 Å². The summed E-state index contributed by atoms with van der Waals surface area (Å²) in [4.78, 5) is 17.3. The molecule has 0 bridgehead atoms. The molecule has 146 valence electrons. The maximum absolute atomic E-state index is 12.8. The molecule has 0 atom stereocenters. The first-order valence-electron chi connectivity index (χ1n) is 9.64. The van der Waals surface area contributed by atoms with Gasteiger partial charge < -0.3 is 10.5 Å². The minimum absolute atomic E-state index is 0.190. The van der Waals surface area contributed by atoms with Crippen LogP contribution in [0.1, 0.15) is 37.1 Å². The van der Waals surface area contributed by atoms with E-state index in [2.05, 4.69) is 36.2 Å². The number of pyridine rings is 1. The summed E-state index contributed by atoms with van der Waals surface area (Å²) in [5.41, 5.74) is 10.3. The number of Topliss-reactive ketones (excluding diaryl/α,β-unsaturated/α-hetero) is 1. The van der Waals surface area contributed by atoms with E-state index in [1.165, 1.54) is 11.1 Å². The summed E-state index contributed by atoms with van der Waals surface area (Å²) in [5, 5.41) is 0.802. The third kappa shape index (κ3) is 4.50. The number of hydrogen-bond donors (Lipinski definition) is 1. The van der Waals surface area contributed by atoms with Crippen LogP contribution in [0.15, 0.2) is 48.5 Å². The molecule has 0 aliphatic heterocycles. The number of fused-ring (bicyclic) bond motifs is 1. The van der Waals surface area contributed by atoms with Crippen LogP contribution >= 0.6 is 0 Å². The number of carbonyl (C=O) groups excluding carboxylic acids is 1. The first-order chi connectivity index (χ1) is 13.3. The molecule has 2 aromatic carbocycles. The number of carbonyl (C=O) groups is 1. The number of hydrogen-bond acceptors (Lipinski definition) is 4. The van der Waals surface area contributed by atoms with E-state index in [-0.39, 0.29) is 5.78 Å². The molecule has 4 nitrogen and oxygen atoms in total. The van der Waals surface area contributed by atoms with Gasteiger partial charge >= 0.3 is 0 Å². The van der Waals surface area contributed by atoms with Crippen LogP contribution in [0.3, 0.4) is 0 Å². The quantitative estimate of drug-likeness (QED) is 0.627. The van der Waals surface area contributed by atoms with Crippen molar-refractivity contribution in [1.29, 1.82) is 0 Å². The number of anilines is 1. The van der Waals surface area contributed by atoms with Crippen LogP contribution in [-0.2, 0) is 11.2 Å². The third-order valence-electron chi connectivity index (χ3n) is 5.06. The summed E-state index contributed by atoms with van der Waals surface area (Å²) in [7, 11) is 0. The number of rotatable bonds is 7. The first kappa shape index (κ1) is 19.9. The van der Waals surface area contributed by atoms with Crippen LogP contribution in [0, 0.1) is 19.3 Å². The molecule has 0 fully saturated rings. The molecule has 2 N–H and O–H groups in total. The van der Waals surface area contributed by atoms with Gasteiger partial charge in [0.15, 0.2) is 0 Å². The number of ether oxygens (including phenoxy) is 1. The molecule has 4 heteroatoms. The van der Waals surface area contributed by atoms with Crippen LogP contribution < -0.4 is 10.5 Å². The van der Waals surface area contributed by atoms with E-state index in [0.29, 0.717) is 24.5 Å². The minimum atomic E-state index is -0.584. The van der Waals surface area contributed by atoms with Crippen molar-refractivity contribution < 1.29 is 9.53 Å². The van der Waals surface area contributed by atoms with Gasteiger partial charge in [0.25, 0.3) is 0 Å². The molecule has 0 unspecified atom stereocenters. The van der Waals surface area contributed by atoms with Crippen molar-refractivity contribution in [2.45, 2.75) is 40.5 Å². The van der Waals surface area contributed by atoms with Crippen molar-refractivity contribution in [2.75, 3.05) is 12.3 Å². The van der Waals surface area contributed by atoms with E-state index in [1.54, 1.807) is 0 Å². The number of nitrogens with two attached hydrogens (primary N) is 1. The Bertz CT molecular complexity index is 991. The van der Waals surface area contributed by atoms with E-state index in [1.807, 2.05) is 45.0 Å². The molecule has 3 aromatic rings. The average Bonchev–Trinajstić information content (AvgIpc) is 2.65. The van der Waals surface area contributed by atoms with Crippen molar-refractivity contribution in [3.05, 3.63) is 65.4 Å². The smallest absolute Gasteiger partial charge is 0.142 e.